The van der Waals surface area contributed by atoms with Crippen LogP contribution in [0, 0.1) is 6.92 Å². The molecule has 4 aromatic rings. The first-order valence-corrected chi connectivity index (χ1v) is 18.2. The van der Waals surface area contributed by atoms with E-state index in [0.717, 1.165) is 82.5 Å². The second-order valence-electron chi connectivity index (χ2n) is 11.8. The van der Waals surface area contributed by atoms with Crippen molar-refractivity contribution in [1.29, 1.82) is 0 Å². The number of nitrogens with one attached hydrogen (secondary N) is 3. The van der Waals surface area contributed by atoms with Crippen LogP contribution in [0.1, 0.15) is 25.3 Å². The molecule has 2 aromatic carbocycles. The number of hydrogen-bond acceptors (Lipinski definition) is 10. The first kappa shape index (κ1) is 31.4. The van der Waals surface area contributed by atoms with Gasteiger partial charge in [-0.05, 0) is 72.8 Å². The van der Waals surface area contributed by atoms with Crippen LogP contribution in [0.25, 0.3) is 11.0 Å². The van der Waals surface area contributed by atoms with Crippen LogP contribution in [-0.4, -0.2) is 89.4 Å². The Hall–Kier alpha value is -3.60. The van der Waals surface area contributed by atoms with E-state index in [1.165, 1.54) is 5.69 Å². The van der Waals surface area contributed by atoms with Gasteiger partial charge in [-0.2, -0.15) is 4.98 Å². The predicted octanol–water partition coefficient (Wildman–Crippen LogP) is 5.14. The number of carbonyl (C=O) groups excluding carboxylic acids is 1. The van der Waals surface area contributed by atoms with Gasteiger partial charge in [0.2, 0.25) is 11.9 Å². The predicted molar refractivity (Wildman–Crippen MR) is 186 cm³/mol. The molecule has 4 heterocycles. The van der Waals surface area contributed by atoms with Crippen LogP contribution in [-0.2, 0) is 4.79 Å². The molecule has 0 radical (unpaired) electrons. The Morgan fingerprint density at radius 1 is 1.04 bits per heavy atom. The summed E-state index contributed by atoms with van der Waals surface area (Å²) in [5, 5.41) is 11.1. The molecule has 0 unspecified atom stereocenters. The van der Waals surface area contributed by atoms with Gasteiger partial charge in [0.25, 0.3) is 0 Å². The van der Waals surface area contributed by atoms with Crippen molar-refractivity contribution in [2.45, 2.75) is 38.8 Å². The molecular formula is C32H39BrN9O2P. The van der Waals surface area contributed by atoms with Gasteiger partial charge in [0.1, 0.15) is 11.6 Å². The van der Waals surface area contributed by atoms with Crippen LogP contribution < -0.4 is 30.9 Å². The molecule has 236 valence electrons. The Morgan fingerprint density at radius 2 is 1.80 bits per heavy atom. The van der Waals surface area contributed by atoms with Crippen molar-refractivity contribution in [1.82, 2.24) is 30.2 Å². The molecule has 45 heavy (non-hydrogen) atoms. The summed E-state index contributed by atoms with van der Waals surface area (Å²) >= 11 is 3.62. The van der Waals surface area contributed by atoms with Crippen LogP contribution in [0.4, 0.5) is 28.8 Å². The van der Waals surface area contributed by atoms with E-state index in [4.69, 9.17) is 9.72 Å². The Balaban J connectivity index is 1.16. The number of aryl methyl sites for hydroxylation is 1. The molecule has 3 N–H and O–H groups in total. The minimum absolute atomic E-state index is 0.0539. The molecule has 2 fully saturated rings. The third-order valence-electron chi connectivity index (χ3n) is 8.46. The third kappa shape index (κ3) is 6.83. The lowest BCUT2D eigenvalue weighted by Crippen LogP contribution is -2.63. The summed E-state index contributed by atoms with van der Waals surface area (Å²) < 4.78 is 6.59. The average Bonchev–Trinajstić information content (AvgIpc) is 3.00. The van der Waals surface area contributed by atoms with Crippen LogP contribution in [0.5, 0.6) is 5.75 Å². The highest BCUT2D eigenvalue weighted by Crippen LogP contribution is 2.38. The van der Waals surface area contributed by atoms with Crippen LogP contribution in [0.3, 0.4) is 0 Å². The Kier molecular flexibility index (Phi) is 9.35. The SMILES string of the molecule is COc1cc(N2CCC(N3CC(NC(C)=O)C3)CC2)c(C)cc1Nc1ncc(Br)c(Nc2ccc3nccnc3c2P(C)C)n1. The topological polar surface area (TPSA) is 120 Å². The second kappa shape index (κ2) is 13.4. The van der Waals surface area contributed by atoms with Gasteiger partial charge in [-0.3, -0.25) is 19.7 Å². The number of anilines is 5. The molecule has 13 heteroatoms. The van der Waals surface area contributed by atoms with Gasteiger partial charge < -0.3 is 25.6 Å². The number of halogens is 1. The maximum Gasteiger partial charge on any atom is 0.229 e. The number of carbonyl (C=O) groups is 1. The Labute approximate surface area is 273 Å². The number of rotatable bonds is 9. The molecule has 2 saturated heterocycles. The fourth-order valence-electron chi connectivity index (χ4n) is 6.28. The van der Waals surface area contributed by atoms with Gasteiger partial charge >= 0.3 is 0 Å². The summed E-state index contributed by atoms with van der Waals surface area (Å²) in [4.78, 5) is 34.7. The summed E-state index contributed by atoms with van der Waals surface area (Å²) in [6.45, 7) is 12.0. The number of methoxy groups -OCH3 is 1. The molecule has 11 nitrogen and oxygen atoms in total. The smallest absolute Gasteiger partial charge is 0.229 e. The van der Waals surface area contributed by atoms with Crippen molar-refractivity contribution in [3.63, 3.8) is 0 Å². The zero-order valence-electron chi connectivity index (χ0n) is 26.3. The summed E-state index contributed by atoms with van der Waals surface area (Å²) in [7, 11) is 1.22. The number of piperidine rings is 1. The minimum Gasteiger partial charge on any atom is -0.494 e. The highest BCUT2D eigenvalue weighted by atomic mass is 79.9. The van der Waals surface area contributed by atoms with Gasteiger partial charge in [-0.15, -0.1) is 0 Å². The van der Waals surface area contributed by atoms with Gasteiger partial charge in [-0.1, -0.05) is 7.92 Å². The molecule has 0 saturated carbocycles. The highest BCUT2D eigenvalue weighted by Gasteiger charge is 2.34. The molecule has 0 spiro atoms. The molecule has 2 aliphatic rings. The van der Waals surface area contributed by atoms with Crippen molar-refractivity contribution >= 4 is 74.9 Å². The number of nitrogens with zero attached hydrogens (tertiary/aromatic N) is 6. The number of amides is 1. The number of aromatic nitrogens is 4. The molecule has 1 amide bonds. The fourth-order valence-corrected chi connectivity index (χ4v) is 7.78. The summed E-state index contributed by atoms with van der Waals surface area (Å²) in [6, 6.07) is 9.09. The maximum atomic E-state index is 11.3. The van der Waals surface area contributed by atoms with E-state index in [1.807, 2.05) is 12.1 Å². The number of benzene rings is 2. The molecule has 0 aliphatic carbocycles. The number of likely N-dealkylation sites (tertiary alicyclic amines) is 1. The monoisotopic (exact) mass is 691 g/mol. The maximum absolute atomic E-state index is 11.3. The quantitative estimate of drug-likeness (QED) is 0.204. The molecule has 6 rings (SSSR count). The van der Waals surface area contributed by atoms with E-state index in [2.05, 4.69) is 89.0 Å². The lowest BCUT2D eigenvalue weighted by atomic mass is 9.96. The van der Waals surface area contributed by atoms with Crippen LogP contribution in [0.15, 0.2) is 47.3 Å². The lowest BCUT2D eigenvalue weighted by molar-refractivity contribution is -0.121. The largest absolute Gasteiger partial charge is 0.494 e. The van der Waals surface area contributed by atoms with Crippen LogP contribution in [0.2, 0.25) is 0 Å². The van der Waals surface area contributed by atoms with E-state index < -0.39 is 7.92 Å². The number of ether oxygens (including phenoxy) is 1. The fraction of sp³-hybridized carbons (Fsp3) is 0.406. The summed E-state index contributed by atoms with van der Waals surface area (Å²) in [5.74, 6) is 1.89. The van der Waals surface area contributed by atoms with Crippen molar-refractivity contribution in [3.05, 3.63) is 52.9 Å². The second-order valence-corrected chi connectivity index (χ2v) is 14.9. The molecular weight excluding hydrogens is 653 g/mol. The van der Waals surface area contributed by atoms with Gasteiger partial charge in [0, 0.05) is 80.5 Å². The zero-order valence-corrected chi connectivity index (χ0v) is 28.7. The van der Waals surface area contributed by atoms with E-state index in [1.54, 1.807) is 32.6 Å². The van der Waals surface area contributed by atoms with Gasteiger partial charge in [0.15, 0.2) is 0 Å². The first-order valence-electron chi connectivity index (χ1n) is 15.1. The molecule has 2 aliphatic heterocycles. The minimum atomic E-state index is -0.473. The molecule has 2 aromatic heterocycles. The zero-order chi connectivity index (χ0) is 31.7. The molecule has 0 atom stereocenters. The lowest BCUT2D eigenvalue weighted by Gasteiger charge is -2.47. The average molecular weight is 693 g/mol. The number of fused-ring (bicyclic) bond motifs is 1. The Morgan fingerprint density at radius 3 is 2.51 bits per heavy atom. The highest BCUT2D eigenvalue weighted by molar-refractivity contribution is 9.10. The summed E-state index contributed by atoms with van der Waals surface area (Å²) in [5.41, 5.74) is 5.87. The van der Waals surface area contributed by atoms with Crippen molar-refractivity contribution in [2.75, 3.05) is 62.2 Å². The normalized spacial score (nSPS) is 16.1. The Bertz CT molecular complexity index is 1710. The van der Waals surface area contributed by atoms with Gasteiger partial charge in [0.05, 0.1) is 34.3 Å². The third-order valence-corrected chi connectivity index (χ3v) is 10.4. The van der Waals surface area contributed by atoms with E-state index in [9.17, 15) is 4.79 Å². The van der Waals surface area contributed by atoms with Crippen LogP contribution >= 0.6 is 23.9 Å². The van der Waals surface area contributed by atoms with Crippen molar-refractivity contribution < 1.29 is 9.53 Å². The van der Waals surface area contributed by atoms with E-state index >= 15 is 0 Å². The van der Waals surface area contributed by atoms with E-state index in [-0.39, 0.29) is 5.91 Å². The summed E-state index contributed by atoms with van der Waals surface area (Å²) in [6.07, 6.45) is 7.39. The van der Waals surface area contributed by atoms with E-state index in [0.29, 0.717) is 23.8 Å². The van der Waals surface area contributed by atoms with Crippen molar-refractivity contribution in [3.8, 4) is 5.75 Å². The molecule has 0 bridgehead atoms. The standard InChI is InChI=1S/C32H39BrN9O2P/c1-19-14-26(28(44-3)15-27(19)41-12-8-22(9-13-41)42-17-21(18-42)37-20(2)43)39-32-36-16-23(33)31(40-32)38-25-7-6-24-29(30(25)45(4)5)35-11-10-34-24/h6-7,10-11,14-16,21-22H,8-9,12-13,17-18H2,1-5H3,(H,37,43)(H2,36,38,39,40). The van der Waals surface area contributed by atoms with Gasteiger partial charge in [-0.25, -0.2) is 4.98 Å². The van der Waals surface area contributed by atoms with Crippen molar-refractivity contribution in [2.24, 2.45) is 0 Å². The first-order chi connectivity index (χ1) is 21.7. The number of hydrogen-bond donors (Lipinski definition) is 3.